The lowest BCUT2D eigenvalue weighted by atomic mass is 10.1. The first-order valence-corrected chi connectivity index (χ1v) is 7.59. The first kappa shape index (κ1) is 16.8. The molecule has 0 bridgehead atoms. The fourth-order valence-electron chi connectivity index (χ4n) is 2.03. The fourth-order valence-corrected chi connectivity index (χ4v) is 2.03. The Morgan fingerprint density at radius 2 is 2.00 bits per heavy atom. The van der Waals surface area contributed by atoms with E-state index in [1.54, 1.807) is 4.68 Å². The molecule has 2 rings (SSSR count). The molecule has 0 aliphatic carbocycles. The zero-order valence-corrected chi connectivity index (χ0v) is 13.9. The number of amides is 1. The van der Waals surface area contributed by atoms with Crippen molar-refractivity contribution in [2.24, 2.45) is 0 Å². The van der Waals surface area contributed by atoms with Crippen LogP contribution in [0.3, 0.4) is 0 Å². The van der Waals surface area contributed by atoms with Crippen molar-refractivity contribution >= 4 is 12.2 Å². The van der Waals surface area contributed by atoms with E-state index in [0.29, 0.717) is 13.1 Å². The number of aromatic nitrogens is 2. The van der Waals surface area contributed by atoms with Gasteiger partial charge in [0.15, 0.2) is 0 Å². The minimum Gasteiger partial charge on any atom is -0.444 e. The van der Waals surface area contributed by atoms with Gasteiger partial charge in [0, 0.05) is 18.3 Å². The van der Waals surface area contributed by atoms with Crippen molar-refractivity contribution in [2.75, 3.05) is 6.54 Å². The first-order valence-electron chi connectivity index (χ1n) is 7.59. The number of hydrogen-bond donors (Lipinski definition) is 1. The standard InChI is InChI=1S/C18H23N3O2/c1-5-14-6-8-15(9-7-14)16-12-20-21(13-16)11-10-19-17(22)23-18(2,3)4/h5-9,12-13H,1,10-11H2,2-4H3,(H,19,22). The van der Waals surface area contributed by atoms with Gasteiger partial charge in [0.1, 0.15) is 5.60 Å². The monoisotopic (exact) mass is 313 g/mol. The van der Waals surface area contributed by atoms with Crippen molar-refractivity contribution < 1.29 is 9.53 Å². The number of hydrogen-bond acceptors (Lipinski definition) is 3. The molecule has 0 spiro atoms. The molecule has 2 aromatic rings. The van der Waals surface area contributed by atoms with Gasteiger partial charge in [-0.2, -0.15) is 5.10 Å². The molecule has 1 aromatic carbocycles. The van der Waals surface area contributed by atoms with Crippen molar-refractivity contribution in [1.82, 2.24) is 15.1 Å². The van der Waals surface area contributed by atoms with Crippen molar-refractivity contribution in [1.29, 1.82) is 0 Å². The third kappa shape index (κ3) is 5.29. The molecule has 0 aliphatic rings. The summed E-state index contributed by atoms with van der Waals surface area (Å²) in [6.45, 7) is 10.3. The summed E-state index contributed by atoms with van der Waals surface area (Å²) >= 11 is 0. The van der Waals surface area contributed by atoms with Crippen molar-refractivity contribution in [2.45, 2.75) is 32.9 Å². The summed E-state index contributed by atoms with van der Waals surface area (Å²) in [5.41, 5.74) is 2.74. The van der Waals surface area contributed by atoms with Gasteiger partial charge in [-0.15, -0.1) is 0 Å². The number of carbonyl (C=O) groups excluding carboxylic acids is 1. The van der Waals surface area contributed by atoms with E-state index in [1.165, 1.54) is 0 Å². The van der Waals surface area contributed by atoms with E-state index < -0.39 is 11.7 Å². The molecule has 0 unspecified atom stereocenters. The maximum Gasteiger partial charge on any atom is 0.407 e. The Hall–Kier alpha value is -2.56. The highest BCUT2D eigenvalue weighted by Crippen LogP contribution is 2.19. The fraction of sp³-hybridized carbons (Fsp3) is 0.333. The van der Waals surface area contributed by atoms with Crippen LogP contribution in [0.2, 0.25) is 0 Å². The number of nitrogens with zero attached hydrogens (tertiary/aromatic N) is 2. The molecule has 1 heterocycles. The van der Waals surface area contributed by atoms with E-state index in [4.69, 9.17) is 4.74 Å². The lowest BCUT2D eigenvalue weighted by Gasteiger charge is -2.19. The van der Waals surface area contributed by atoms with Crippen LogP contribution in [0.25, 0.3) is 17.2 Å². The Kier molecular flexibility index (Phi) is 5.21. The lowest BCUT2D eigenvalue weighted by Crippen LogP contribution is -2.34. The minimum absolute atomic E-state index is 0.412. The van der Waals surface area contributed by atoms with Crippen LogP contribution in [0.1, 0.15) is 26.3 Å². The molecule has 0 radical (unpaired) electrons. The average Bonchev–Trinajstić information content (AvgIpc) is 2.94. The SMILES string of the molecule is C=Cc1ccc(-c2cnn(CCNC(=O)OC(C)(C)C)c2)cc1. The molecule has 0 saturated heterocycles. The predicted octanol–water partition coefficient (Wildman–Crippen LogP) is 3.72. The summed E-state index contributed by atoms with van der Waals surface area (Å²) in [6, 6.07) is 8.11. The van der Waals surface area contributed by atoms with Crippen molar-refractivity contribution in [3.8, 4) is 11.1 Å². The Bertz CT molecular complexity index is 666. The predicted molar refractivity (Wildman–Crippen MR) is 92.0 cm³/mol. The van der Waals surface area contributed by atoms with Crippen LogP contribution in [-0.4, -0.2) is 28.0 Å². The Labute approximate surface area is 137 Å². The molecule has 0 aliphatic heterocycles. The minimum atomic E-state index is -0.486. The number of ether oxygens (including phenoxy) is 1. The summed E-state index contributed by atoms with van der Waals surface area (Å²) in [4.78, 5) is 11.6. The third-order valence-electron chi connectivity index (χ3n) is 3.12. The van der Waals surface area contributed by atoms with Crippen LogP contribution in [-0.2, 0) is 11.3 Å². The van der Waals surface area contributed by atoms with E-state index in [1.807, 2.05) is 63.5 Å². The van der Waals surface area contributed by atoms with Crippen molar-refractivity contribution in [3.05, 3.63) is 48.8 Å². The second-order valence-corrected chi connectivity index (χ2v) is 6.25. The molecule has 5 heteroatoms. The molecule has 23 heavy (non-hydrogen) atoms. The van der Waals surface area contributed by atoms with Gasteiger partial charge in [-0.05, 0) is 31.9 Å². The zero-order chi connectivity index (χ0) is 16.9. The van der Waals surface area contributed by atoms with Gasteiger partial charge in [0.2, 0.25) is 0 Å². The van der Waals surface area contributed by atoms with E-state index in [9.17, 15) is 4.79 Å². The van der Waals surface area contributed by atoms with Gasteiger partial charge in [-0.25, -0.2) is 4.79 Å². The summed E-state index contributed by atoms with van der Waals surface area (Å²) in [6.07, 6.45) is 5.18. The third-order valence-corrected chi connectivity index (χ3v) is 3.12. The number of alkyl carbamates (subject to hydrolysis) is 1. The van der Waals surface area contributed by atoms with E-state index >= 15 is 0 Å². The van der Waals surface area contributed by atoms with Crippen LogP contribution < -0.4 is 5.32 Å². The largest absolute Gasteiger partial charge is 0.444 e. The van der Waals surface area contributed by atoms with Crippen LogP contribution >= 0.6 is 0 Å². The van der Waals surface area contributed by atoms with E-state index in [0.717, 1.165) is 16.7 Å². The maximum absolute atomic E-state index is 11.6. The highest BCUT2D eigenvalue weighted by molar-refractivity contribution is 5.67. The molecule has 5 nitrogen and oxygen atoms in total. The second kappa shape index (κ2) is 7.13. The van der Waals surface area contributed by atoms with E-state index in [-0.39, 0.29) is 0 Å². The molecule has 122 valence electrons. The quantitative estimate of drug-likeness (QED) is 0.915. The average molecular weight is 313 g/mol. The number of benzene rings is 1. The first-order chi connectivity index (χ1) is 10.9. The van der Waals surface area contributed by atoms with Crippen molar-refractivity contribution in [3.63, 3.8) is 0 Å². The Morgan fingerprint density at radius 1 is 1.30 bits per heavy atom. The molecular weight excluding hydrogens is 290 g/mol. The molecule has 0 atom stereocenters. The molecule has 1 aromatic heterocycles. The molecular formula is C18H23N3O2. The van der Waals surface area contributed by atoms with Gasteiger partial charge >= 0.3 is 6.09 Å². The summed E-state index contributed by atoms with van der Waals surface area (Å²) in [5.74, 6) is 0. The second-order valence-electron chi connectivity index (χ2n) is 6.25. The molecule has 0 saturated carbocycles. The summed E-state index contributed by atoms with van der Waals surface area (Å²) < 4.78 is 6.98. The Balaban J connectivity index is 1.87. The van der Waals surface area contributed by atoms with Crippen LogP contribution in [0.5, 0.6) is 0 Å². The number of carbonyl (C=O) groups is 1. The summed E-state index contributed by atoms with van der Waals surface area (Å²) in [5, 5.41) is 7.03. The van der Waals surface area contributed by atoms with Gasteiger partial charge in [0.05, 0.1) is 12.7 Å². The zero-order valence-electron chi connectivity index (χ0n) is 13.9. The van der Waals surface area contributed by atoms with Gasteiger partial charge in [-0.1, -0.05) is 36.9 Å². The van der Waals surface area contributed by atoms with Crippen LogP contribution in [0.4, 0.5) is 4.79 Å². The van der Waals surface area contributed by atoms with Crippen LogP contribution in [0.15, 0.2) is 43.2 Å². The van der Waals surface area contributed by atoms with Crippen LogP contribution in [0, 0.1) is 0 Å². The number of nitrogens with one attached hydrogen (secondary N) is 1. The highest BCUT2D eigenvalue weighted by atomic mass is 16.6. The van der Waals surface area contributed by atoms with Gasteiger partial charge < -0.3 is 10.1 Å². The molecule has 1 amide bonds. The normalized spacial score (nSPS) is 11.1. The summed E-state index contributed by atoms with van der Waals surface area (Å²) in [7, 11) is 0. The van der Waals surface area contributed by atoms with Gasteiger partial charge in [-0.3, -0.25) is 4.68 Å². The maximum atomic E-state index is 11.6. The lowest BCUT2D eigenvalue weighted by molar-refractivity contribution is 0.0525. The molecule has 0 fully saturated rings. The molecule has 1 N–H and O–H groups in total. The number of rotatable bonds is 5. The Morgan fingerprint density at radius 3 is 2.61 bits per heavy atom. The van der Waals surface area contributed by atoms with Gasteiger partial charge in [0.25, 0.3) is 0 Å². The highest BCUT2D eigenvalue weighted by Gasteiger charge is 2.15. The topological polar surface area (TPSA) is 56.2 Å². The van der Waals surface area contributed by atoms with E-state index in [2.05, 4.69) is 17.0 Å². The smallest absolute Gasteiger partial charge is 0.407 e.